The molecule has 2 saturated heterocycles. The third-order valence-corrected chi connectivity index (χ3v) is 6.64. The van der Waals surface area contributed by atoms with Gasteiger partial charge in [-0.25, -0.2) is 0 Å². The highest BCUT2D eigenvalue weighted by Crippen LogP contribution is 2.40. The van der Waals surface area contributed by atoms with E-state index in [2.05, 4.69) is 0 Å². The van der Waals surface area contributed by atoms with Crippen LogP contribution >= 0.6 is 11.8 Å². The number of hydrogen-bond acceptors (Lipinski definition) is 7. The van der Waals surface area contributed by atoms with Gasteiger partial charge in [-0.15, -0.1) is 0 Å². The van der Waals surface area contributed by atoms with Gasteiger partial charge in [-0.2, -0.15) is 0 Å². The van der Waals surface area contributed by atoms with E-state index in [1.165, 1.54) is 11.8 Å². The first-order chi connectivity index (χ1) is 14.5. The first-order valence-electron chi connectivity index (χ1n) is 10.5. The molecular weight excluding hydrogens is 406 g/mol. The van der Waals surface area contributed by atoms with Gasteiger partial charge in [-0.05, 0) is 24.1 Å². The van der Waals surface area contributed by atoms with Gasteiger partial charge in [0.25, 0.3) is 5.24 Å². The minimum atomic E-state index is -0.987. The first-order valence-corrected chi connectivity index (χ1v) is 11.4. The predicted molar refractivity (Wildman–Crippen MR) is 115 cm³/mol. The lowest BCUT2D eigenvalue weighted by molar-refractivity contribution is -0.282. The zero-order chi connectivity index (χ0) is 21.6. The lowest BCUT2D eigenvalue weighted by Crippen LogP contribution is -2.58. The monoisotopic (exact) mass is 437 g/mol. The molecule has 0 radical (unpaired) electrons. The van der Waals surface area contributed by atoms with Crippen molar-refractivity contribution in [3.8, 4) is 5.75 Å². The summed E-state index contributed by atoms with van der Waals surface area (Å²) in [5, 5.41) is -0.00194. The van der Waals surface area contributed by atoms with Crippen LogP contribution in [-0.2, 0) is 25.5 Å². The van der Waals surface area contributed by atoms with E-state index in [0.717, 1.165) is 24.2 Å². The Kier molecular flexibility index (Phi) is 8.02. The van der Waals surface area contributed by atoms with Gasteiger partial charge in [0.2, 0.25) is 0 Å². The van der Waals surface area contributed by atoms with E-state index < -0.39 is 5.79 Å². The molecule has 2 fully saturated rings. The lowest BCUT2D eigenvalue weighted by Gasteiger charge is -2.45. The van der Waals surface area contributed by atoms with E-state index in [-0.39, 0.29) is 23.4 Å². The van der Waals surface area contributed by atoms with E-state index in [0.29, 0.717) is 38.2 Å². The summed E-state index contributed by atoms with van der Waals surface area (Å²) in [4.78, 5) is 26.6. The van der Waals surface area contributed by atoms with Crippen molar-refractivity contribution in [1.29, 1.82) is 0 Å². The Morgan fingerprint density at radius 3 is 2.73 bits per heavy atom. The van der Waals surface area contributed by atoms with Crippen LogP contribution in [0.3, 0.4) is 0 Å². The fourth-order valence-corrected chi connectivity index (χ4v) is 5.03. The zero-order valence-electron chi connectivity index (χ0n) is 17.9. The van der Waals surface area contributed by atoms with Gasteiger partial charge in [0.15, 0.2) is 5.79 Å². The molecule has 3 rings (SSSR count). The van der Waals surface area contributed by atoms with Crippen LogP contribution in [0.4, 0.5) is 4.79 Å². The van der Waals surface area contributed by atoms with Gasteiger partial charge in [0.1, 0.15) is 11.9 Å². The van der Waals surface area contributed by atoms with Crippen LogP contribution in [0.15, 0.2) is 24.3 Å². The molecular formula is C22H31NO6S. The van der Waals surface area contributed by atoms with Crippen molar-refractivity contribution in [2.45, 2.75) is 63.5 Å². The summed E-state index contributed by atoms with van der Waals surface area (Å²) >= 11 is 1.27. The number of methoxy groups -OCH3 is 2. The molecule has 166 valence electrons. The third kappa shape index (κ3) is 5.28. The number of rotatable bonds is 9. The van der Waals surface area contributed by atoms with Gasteiger partial charge in [0.05, 0.1) is 19.8 Å². The van der Waals surface area contributed by atoms with Crippen LogP contribution < -0.4 is 4.74 Å². The largest absolute Gasteiger partial charge is 0.497 e. The average Bonchev–Trinajstić information content (AvgIpc) is 3.13. The summed E-state index contributed by atoms with van der Waals surface area (Å²) in [6, 6.07) is 7.40. The van der Waals surface area contributed by atoms with Crippen LogP contribution in [0, 0.1) is 0 Å². The van der Waals surface area contributed by atoms with Crippen LogP contribution in [0.1, 0.15) is 44.6 Å². The highest BCUT2D eigenvalue weighted by molar-refractivity contribution is 8.13. The average molecular weight is 438 g/mol. The quantitative estimate of drug-likeness (QED) is 0.541. The molecule has 2 aliphatic heterocycles. The van der Waals surface area contributed by atoms with Crippen molar-refractivity contribution < 1.29 is 28.5 Å². The molecule has 1 aromatic rings. The van der Waals surface area contributed by atoms with Crippen molar-refractivity contribution in [1.82, 2.24) is 4.90 Å². The minimum absolute atomic E-state index is 0.00194. The molecule has 7 nitrogen and oxygen atoms in total. The molecule has 1 aromatic carbocycles. The number of carbonyl (C=O) groups is 2. The number of unbranched alkanes of at least 4 members (excludes halogenated alkanes) is 1. The van der Waals surface area contributed by atoms with Gasteiger partial charge < -0.3 is 23.8 Å². The van der Waals surface area contributed by atoms with Crippen LogP contribution in [0.25, 0.3) is 0 Å². The summed E-state index contributed by atoms with van der Waals surface area (Å²) in [7, 11) is 3.22. The van der Waals surface area contributed by atoms with Crippen LogP contribution in [0.2, 0.25) is 0 Å². The Bertz CT molecular complexity index is 727. The van der Waals surface area contributed by atoms with E-state index in [4.69, 9.17) is 18.9 Å². The van der Waals surface area contributed by atoms with Crippen LogP contribution in [-0.4, -0.2) is 60.6 Å². The third-order valence-electron chi connectivity index (χ3n) is 5.67. The molecule has 0 N–H and O–H groups in total. The fourth-order valence-electron chi connectivity index (χ4n) is 3.94. The van der Waals surface area contributed by atoms with Gasteiger partial charge >= 0.3 is 5.97 Å². The number of hydrogen-bond donors (Lipinski definition) is 0. The normalized spacial score (nSPS) is 26.6. The number of ether oxygens (including phenoxy) is 4. The van der Waals surface area contributed by atoms with Crippen molar-refractivity contribution >= 4 is 23.0 Å². The highest BCUT2D eigenvalue weighted by atomic mass is 32.2. The Hall–Kier alpha value is -1.77. The highest BCUT2D eigenvalue weighted by Gasteiger charge is 2.52. The summed E-state index contributed by atoms with van der Waals surface area (Å²) in [5.74, 6) is 0.175. The Morgan fingerprint density at radius 1 is 1.30 bits per heavy atom. The number of nitrogens with zero attached hydrogens (tertiary/aromatic N) is 1. The molecule has 2 unspecified atom stereocenters. The van der Waals surface area contributed by atoms with Crippen LogP contribution in [0.5, 0.6) is 5.75 Å². The second kappa shape index (κ2) is 10.5. The molecule has 0 aromatic heterocycles. The first kappa shape index (κ1) is 22.9. The Balaban J connectivity index is 1.72. The molecule has 30 heavy (non-hydrogen) atoms. The number of carbonyl (C=O) groups excluding carboxylic acids is 2. The van der Waals surface area contributed by atoms with E-state index in [1.54, 1.807) is 19.1 Å². The standard InChI is InChI=1S/C22H31NO6S/c1-4-5-6-20(24)29-18-11-12-28-22(13-18,27-3)19-15-30-21(25)23(19)14-16-7-9-17(26-2)10-8-16/h7-10,18-19H,4-6,11-15H2,1-3H3/t18?,19-,22?/m0/s1. The van der Waals surface area contributed by atoms with Gasteiger partial charge in [-0.1, -0.05) is 37.2 Å². The van der Waals surface area contributed by atoms with Gasteiger partial charge in [-0.3, -0.25) is 9.59 Å². The summed E-state index contributed by atoms with van der Waals surface area (Å²) in [6.07, 6.45) is 2.98. The second-order valence-electron chi connectivity index (χ2n) is 7.64. The summed E-state index contributed by atoms with van der Waals surface area (Å²) in [6.45, 7) is 2.92. The number of esters is 1. The molecule has 3 atom stereocenters. The van der Waals surface area contributed by atoms with E-state index in [9.17, 15) is 9.59 Å². The second-order valence-corrected chi connectivity index (χ2v) is 8.61. The molecule has 2 heterocycles. The fraction of sp³-hybridized carbons (Fsp3) is 0.636. The minimum Gasteiger partial charge on any atom is -0.497 e. The topological polar surface area (TPSA) is 74.3 Å². The molecule has 2 aliphatic rings. The number of thioether (sulfide) groups is 1. The number of amides is 1. The zero-order valence-corrected chi connectivity index (χ0v) is 18.7. The number of benzene rings is 1. The van der Waals surface area contributed by atoms with E-state index >= 15 is 0 Å². The van der Waals surface area contributed by atoms with E-state index in [1.807, 2.05) is 31.2 Å². The maximum Gasteiger partial charge on any atom is 0.306 e. The Morgan fingerprint density at radius 2 is 2.07 bits per heavy atom. The predicted octanol–water partition coefficient (Wildman–Crippen LogP) is 3.99. The molecule has 1 amide bonds. The summed E-state index contributed by atoms with van der Waals surface area (Å²) < 4.78 is 22.9. The maximum absolute atomic E-state index is 12.7. The molecule has 8 heteroatoms. The van der Waals surface area contributed by atoms with Crippen molar-refractivity contribution in [2.24, 2.45) is 0 Å². The Labute approximate surface area is 182 Å². The van der Waals surface area contributed by atoms with Gasteiger partial charge in [0, 0.05) is 38.7 Å². The molecule has 0 aliphatic carbocycles. The molecule has 0 spiro atoms. The van der Waals surface area contributed by atoms with Crippen molar-refractivity contribution in [2.75, 3.05) is 26.6 Å². The van der Waals surface area contributed by atoms with Crippen molar-refractivity contribution in [3.63, 3.8) is 0 Å². The lowest BCUT2D eigenvalue weighted by atomic mass is 9.95. The molecule has 0 bridgehead atoms. The van der Waals surface area contributed by atoms with Crippen molar-refractivity contribution in [3.05, 3.63) is 29.8 Å². The summed E-state index contributed by atoms with van der Waals surface area (Å²) in [5.41, 5.74) is 1.00. The molecule has 0 saturated carbocycles. The smallest absolute Gasteiger partial charge is 0.306 e. The maximum atomic E-state index is 12.7. The SMILES string of the molecule is CCCCC(=O)OC1CCOC(OC)([C@@H]2CSC(=O)N2Cc2ccc(OC)cc2)C1.